The first kappa shape index (κ1) is 14.8. The van der Waals surface area contributed by atoms with Crippen molar-refractivity contribution in [3.05, 3.63) is 24.3 Å². The molecule has 0 aliphatic rings. The fourth-order valence-electron chi connectivity index (χ4n) is 1.40. The first-order valence-electron chi connectivity index (χ1n) is 5.96. The van der Waals surface area contributed by atoms with Gasteiger partial charge in [-0.1, -0.05) is 0 Å². The summed E-state index contributed by atoms with van der Waals surface area (Å²) in [6.07, 6.45) is 1.67. The van der Waals surface area contributed by atoms with Crippen molar-refractivity contribution in [2.75, 3.05) is 33.1 Å². The lowest BCUT2D eigenvalue weighted by atomic mass is 10.3. The Bertz CT molecular complexity index is 472. The molecular formula is C13H20N6. The van der Waals surface area contributed by atoms with Crippen LogP contribution in [0.3, 0.4) is 0 Å². The lowest BCUT2D eigenvalue weighted by Crippen LogP contribution is -2.18. The fraction of sp³-hybridized carbons (Fsp3) is 0.385. The zero-order valence-corrected chi connectivity index (χ0v) is 12.1. The minimum absolute atomic E-state index is 0.454. The maximum absolute atomic E-state index is 4.14. The molecule has 1 aromatic carbocycles. The van der Waals surface area contributed by atoms with Gasteiger partial charge in [-0.15, -0.1) is 10.2 Å². The first-order chi connectivity index (χ1) is 9.08. The Morgan fingerprint density at radius 1 is 1.11 bits per heavy atom. The van der Waals surface area contributed by atoms with Crippen LogP contribution in [-0.4, -0.2) is 45.4 Å². The van der Waals surface area contributed by atoms with Crippen molar-refractivity contribution >= 4 is 23.5 Å². The largest absolute Gasteiger partial charge is 0.378 e. The lowest BCUT2D eigenvalue weighted by molar-refractivity contribution is 0.536. The minimum Gasteiger partial charge on any atom is -0.378 e. The molecule has 0 aromatic heterocycles. The average molecular weight is 260 g/mol. The normalized spacial score (nSPS) is 12.4. The summed E-state index contributed by atoms with van der Waals surface area (Å²) >= 11 is 0. The summed E-state index contributed by atoms with van der Waals surface area (Å²) in [6.45, 7) is 1.83. The molecule has 0 saturated heterocycles. The van der Waals surface area contributed by atoms with E-state index in [9.17, 15) is 0 Å². The summed E-state index contributed by atoms with van der Waals surface area (Å²) in [5.41, 5.74) is 1.90. The van der Waals surface area contributed by atoms with Crippen molar-refractivity contribution in [1.82, 2.24) is 5.01 Å². The summed E-state index contributed by atoms with van der Waals surface area (Å²) in [5, 5.41) is 13.8. The van der Waals surface area contributed by atoms with E-state index in [-0.39, 0.29) is 0 Å². The zero-order chi connectivity index (χ0) is 14.3. The number of guanidine groups is 1. The molecule has 0 N–H and O–H groups in total. The molecule has 6 nitrogen and oxygen atoms in total. The van der Waals surface area contributed by atoms with E-state index in [0.717, 1.165) is 11.4 Å². The molecule has 0 amide bonds. The third-order valence-corrected chi connectivity index (χ3v) is 2.40. The summed E-state index contributed by atoms with van der Waals surface area (Å²) in [4.78, 5) is 6.06. The van der Waals surface area contributed by atoms with Gasteiger partial charge in [0.05, 0.1) is 5.69 Å². The van der Waals surface area contributed by atoms with E-state index >= 15 is 0 Å². The van der Waals surface area contributed by atoms with Crippen molar-refractivity contribution in [2.24, 2.45) is 20.3 Å². The molecule has 0 unspecified atom stereocenters. The van der Waals surface area contributed by atoms with Crippen LogP contribution in [0.15, 0.2) is 44.6 Å². The predicted molar refractivity (Wildman–Crippen MR) is 80.6 cm³/mol. The Hall–Kier alpha value is -2.24. The lowest BCUT2D eigenvalue weighted by Gasteiger charge is -2.11. The molecule has 1 rings (SSSR count). The highest BCUT2D eigenvalue weighted by Gasteiger charge is 2.01. The summed E-state index contributed by atoms with van der Waals surface area (Å²) in [7, 11) is 7.42. The SMILES string of the molecule is C/C=N\N(C)C(N=Nc1ccc(N(C)C)cc1)=NC. The van der Waals surface area contributed by atoms with Crippen LogP contribution in [0, 0.1) is 0 Å². The van der Waals surface area contributed by atoms with E-state index in [2.05, 4.69) is 20.3 Å². The van der Waals surface area contributed by atoms with Crippen LogP contribution in [-0.2, 0) is 0 Å². The molecule has 0 fully saturated rings. The van der Waals surface area contributed by atoms with Crippen LogP contribution in [0.5, 0.6) is 0 Å². The highest BCUT2D eigenvalue weighted by molar-refractivity contribution is 5.80. The number of azo groups is 1. The number of anilines is 1. The topological polar surface area (TPSA) is 55.9 Å². The van der Waals surface area contributed by atoms with E-state index in [4.69, 9.17) is 0 Å². The monoisotopic (exact) mass is 260 g/mol. The quantitative estimate of drug-likeness (QED) is 0.363. The Balaban J connectivity index is 2.80. The van der Waals surface area contributed by atoms with Crippen molar-refractivity contribution in [2.45, 2.75) is 6.92 Å². The Morgan fingerprint density at radius 2 is 1.74 bits per heavy atom. The molecule has 102 valence electrons. The first-order valence-corrected chi connectivity index (χ1v) is 5.96. The second kappa shape index (κ2) is 7.25. The van der Waals surface area contributed by atoms with Crippen LogP contribution in [0.1, 0.15) is 6.92 Å². The molecular weight excluding hydrogens is 240 g/mol. The van der Waals surface area contributed by atoms with Gasteiger partial charge in [-0.2, -0.15) is 5.10 Å². The van der Waals surface area contributed by atoms with Crippen LogP contribution >= 0.6 is 0 Å². The van der Waals surface area contributed by atoms with Gasteiger partial charge in [-0.3, -0.25) is 4.99 Å². The second-order valence-corrected chi connectivity index (χ2v) is 4.03. The number of nitrogens with zero attached hydrogens (tertiary/aromatic N) is 6. The predicted octanol–water partition coefficient (Wildman–Crippen LogP) is 2.76. The highest BCUT2D eigenvalue weighted by Crippen LogP contribution is 2.18. The molecule has 0 spiro atoms. The van der Waals surface area contributed by atoms with E-state index in [1.165, 1.54) is 0 Å². The van der Waals surface area contributed by atoms with Crippen molar-refractivity contribution in [1.29, 1.82) is 0 Å². The number of benzene rings is 1. The van der Waals surface area contributed by atoms with E-state index in [1.807, 2.05) is 50.2 Å². The molecule has 1 aromatic rings. The van der Waals surface area contributed by atoms with Crippen molar-refractivity contribution in [3.63, 3.8) is 0 Å². The molecule has 0 radical (unpaired) electrons. The van der Waals surface area contributed by atoms with Gasteiger partial charge >= 0.3 is 0 Å². The molecule has 19 heavy (non-hydrogen) atoms. The van der Waals surface area contributed by atoms with Gasteiger partial charge in [-0.05, 0) is 31.2 Å². The molecule has 0 aliphatic heterocycles. The summed E-state index contributed by atoms with van der Waals surface area (Å²) in [6, 6.07) is 7.81. The summed E-state index contributed by atoms with van der Waals surface area (Å²) in [5.74, 6) is 0.454. The number of hydrogen-bond donors (Lipinski definition) is 0. The smallest absolute Gasteiger partial charge is 0.260 e. The van der Waals surface area contributed by atoms with Gasteiger partial charge in [0, 0.05) is 40.1 Å². The van der Waals surface area contributed by atoms with Gasteiger partial charge in [0.1, 0.15) is 0 Å². The van der Waals surface area contributed by atoms with E-state index < -0.39 is 0 Å². The number of hydrogen-bond acceptors (Lipinski definition) is 4. The van der Waals surface area contributed by atoms with Crippen LogP contribution in [0.25, 0.3) is 0 Å². The molecule has 0 bridgehead atoms. The van der Waals surface area contributed by atoms with Gasteiger partial charge in [-0.25, -0.2) is 5.01 Å². The van der Waals surface area contributed by atoms with Gasteiger partial charge in [0.25, 0.3) is 5.96 Å². The molecule has 0 saturated carbocycles. The Kier molecular flexibility index (Phi) is 5.66. The third-order valence-electron chi connectivity index (χ3n) is 2.40. The molecule has 0 aliphatic carbocycles. The highest BCUT2D eigenvalue weighted by atomic mass is 15.5. The van der Waals surface area contributed by atoms with Crippen LogP contribution in [0.2, 0.25) is 0 Å². The van der Waals surface area contributed by atoms with E-state index in [0.29, 0.717) is 5.96 Å². The van der Waals surface area contributed by atoms with Crippen LogP contribution < -0.4 is 4.90 Å². The van der Waals surface area contributed by atoms with Crippen LogP contribution in [0.4, 0.5) is 11.4 Å². The third kappa shape index (κ3) is 4.50. The van der Waals surface area contributed by atoms with Gasteiger partial charge in [0.15, 0.2) is 0 Å². The van der Waals surface area contributed by atoms with Crippen molar-refractivity contribution < 1.29 is 0 Å². The van der Waals surface area contributed by atoms with Gasteiger partial charge in [0.2, 0.25) is 0 Å². The van der Waals surface area contributed by atoms with Gasteiger partial charge < -0.3 is 4.90 Å². The standard InChI is InChI=1S/C13H20N6/c1-6-15-19(5)13(14-2)17-16-11-7-9-12(10-8-11)18(3)4/h6-10H,1-5H3/b14-13?,15-6-,17-16?. The number of rotatable bonds is 3. The molecule has 6 heteroatoms. The van der Waals surface area contributed by atoms with E-state index in [1.54, 1.807) is 25.3 Å². The van der Waals surface area contributed by atoms with Crippen molar-refractivity contribution in [3.8, 4) is 0 Å². The Morgan fingerprint density at radius 3 is 2.21 bits per heavy atom. The maximum atomic E-state index is 4.14. The Labute approximate surface area is 114 Å². The molecule has 0 heterocycles. The average Bonchev–Trinajstić information content (AvgIpc) is 2.40. The molecule has 0 atom stereocenters. The zero-order valence-electron chi connectivity index (χ0n) is 12.1. The maximum Gasteiger partial charge on any atom is 0.260 e. The number of aliphatic imine (C=N–C) groups is 1. The second-order valence-electron chi connectivity index (χ2n) is 4.03. The fourth-order valence-corrected chi connectivity index (χ4v) is 1.40. The number of hydrazone groups is 1. The summed E-state index contributed by atoms with van der Waals surface area (Å²) < 4.78 is 0. The minimum atomic E-state index is 0.454.